The summed E-state index contributed by atoms with van der Waals surface area (Å²) in [7, 11) is -3.19. The van der Waals surface area contributed by atoms with Crippen molar-refractivity contribution in [2.24, 2.45) is 0 Å². The second-order valence-electron chi connectivity index (χ2n) is 7.50. The number of carbonyl (C=O) groups is 2. The number of sulfonamides is 1. The molecule has 2 aliphatic heterocycles. The van der Waals surface area contributed by atoms with Crippen LogP contribution in [0.3, 0.4) is 0 Å². The molecule has 0 aromatic carbocycles. The second-order valence-corrected chi connectivity index (χ2v) is 9.48. The Kier molecular flexibility index (Phi) is 6.41. The molecule has 2 saturated heterocycles. The lowest BCUT2D eigenvalue weighted by atomic mass is 10.0. The molecule has 0 unspecified atom stereocenters. The van der Waals surface area contributed by atoms with Gasteiger partial charge in [0.25, 0.3) is 5.91 Å². The van der Waals surface area contributed by atoms with Crippen molar-refractivity contribution in [1.82, 2.24) is 19.4 Å². The molecule has 0 spiro atoms. The minimum atomic E-state index is -3.19. The number of hydrogen-bond acceptors (Lipinski definition) is 6. The van der Waals surface area contributed by atoms with Crippen molar-refractivity contribution in [1.29, 1.82) is 0 Å². The molecule has 2 fully saturated rings. The Morgan fingerprint density at radius 2 is 1.79 bits per heavy atom. The van der Waals surface area contributed by atoms with E-state index >= 15 is 0 Å². The fourth-order valence-corrected chi connectivity index (χ4v) is 4.48. The minimum absolute atomic E-state index is 0.0295. The topological polar surface area (TPSA) is 103 Å². The molecule has 0 aliphatic carbocycles. The Morgan fingerprint density at radius 1 is 1.14 bits per heavy atom. The molecular formula is C18H28N4O5S. The highest BCUT2D eigenvalue weighted by Crippen LogP contribution is 2.14. The normalized spacial score (nSPS) is 20.3. The molecule has 156 valence electrons. The van der Waals surface area contributed by atoms with Crippen LogP contribution in [0.2, 0.25) is 0 Å². The van der Waals surface area contributed by atoms with Crippen molar-refractivity contribution in [2.75, 3.05) is 52.1 Å². The van der Waals surface area contributed by atoms with Crippen LogP contribution >= 0.6 is 0 Å². The molecule has 2 amide bonds. The van der Waals surface area contributed by atoms with E-state index in [4.69, 9.17) is 4.42 Å². The summed E-state index contributed by atoms with van der Waals surface area (Å²) in [4.78, 5) is 28.6. The lowest BCUT2D eigenvalue weighted by Crippen LogP contribution is -2.53. The van der Waals surface area contributed by atoms with E-state index in [1.54, 1.807) is 11.0 Å². The van der Waals surface area contributed by atoms with E-state index in [9.17, 15) is 18.0 Å². The van der Waals surface area contributed by atoms with E-state index in [-0.39, 0.29) is 17.9 Å². The number of aryl methyl sites for hydroxylation is 1. The molecule has 3 rings (SSSR count). The molecule has 1 N–H and O–H groups in total. The first kappa shape index (κ1) is 20.8. The van der Waals surface area contributed by atoms with Crippen molar-refractivity contribution < 1.29 is 22.4 Å². The Bertz CT molecular complexity index is 806. The van der Waals surface area contributed by atoms with Gasteiger partial charge >= 0.3 is 0 Å². The lowest BCUT2D eigenvalue weighted by Gasteiger charge is -2.36. The van der Waals surface area contributed by atoms with Gasteiger partial charge in [0.2, 0.25) is 15.9 Å². The summed E-state index contributed by atoms with van der Waals surface area (Å²) in [5.41, 5.74) is 0.816. The number of rotatable bonds is 5. The van der Waals surface area contributed by atoms with Crippen LogP contribution in [0, 0.1) is 6.92 Å². The van der Waals surface area contributed by atoms with Gasteiger partial charge in [-0.15, -0.1) is 0 Å². The van der Waals surface area contributed by atoms with Crippen LogP contribution < -0.4 is 5.32 Å². The maximum Gasteiger partial charge on any atom is 0.287 e. The van der Waals surface area contributed by atoms with Gasteiger partial charge in [0.15, 0.2) is 5.76 Å². The number of amides is 2. The lowest BCUT2D eigenvalue weighted by molar-refractivity contribution is -0.133. The third kappa shape index (κ3) is 5.12. The van der Waals surface area contributed by atoms with Gasteiger partial charge in [-0.3, -0.25) is 14.5 Å². The van der Waals surface area contributed by atoms with E-state index < -0.39 is 10.0 Å². The number of hydrogen-bond donors (Lipinski definition) is 1. The number of piperazine rings is 1. The van der Waals surface area contributed by atoms with Gasteiger partial charge < -0.3 is 14.6 Å². The minimum Gasteiger partial charge on any atom is -0.459 e. The smallest absolute Gasteiger partial charge is 0.287 e. The third-order valence-electron chi connectivity index (χ3n) is 5.41. The number of carbonyl (C=O) groups excluding carboxylic acids is 2. The van der Waals surface area contributed by atoms with Gasteiger partial charge in [-0.25, -0.2) is 8.42 Å². The Hall–Kier alpha value is -1.91. The van der Waals surface area contributed by atoms with Gasteiger partial charge in [0, 0.05) is 50.9 Å². The standard InChI is InChI=1S/C18H28N4O5S/c1-14-5-12-27-17(14)18(24)19-15-3-6-20(7-4-15)13-16(23)21-8-10-22(11-9-21)28(2,25)26/h5,12,15H,3-4,6-11,13H2,1-2H3,(H,19,24). The van der Waals surface area contributed by atoms with Crippen LogP contribution in [0.15, 0.2) is 16.7 Å². The van der Waals surface area contributed by atoms with E-state index in [1.807, 2.05) is 6.92 Å². The zero-order valence-electron chi connectivity index (χ0n) is 16.4. The molecular weight excluding hydrogens is 384 g/mol. The van der Waals surface area contributed by atoms with Gasteiger partial charge in [0.05, 0.1) is 19.1 Å². The molecule has 9 nitrogen and oxygen atoms in total. The zero-order chi connectivity index (χ0) is 20.3. The molecule has 1 aromatic rings. The Labute approximate surface area is 165 Å². The Morgan fingerprint density at radius 3 is 2.32 bits per heavy atom. The van der Waals surface area contributed by atoms with Gasteiger partial charge in [-0.1, -0.05) is 0 Å². The number of furan rings is 1. The molecule has 28 heavy (non-hydrogen) atoms. The van der Waals surface area contributed by atoms with Crippen molar-refractivity contribution in [3.8, 4) is 0 Å². The molecule has 0 saturated carbocycles. The summed E-state index contributed by atoms with van der Waals surface area (Å²) < 4.78 is 29.7. The van der Waals surface area contributed by atoms with Crippen LogP contribution in [0.5, 0.6) is 0 Å². The van der Waals surface area contributed by atoms with Gasteiger partial charge in [-0.2, -0.15) is 4.31 Å². The molecule has 0 bridgehead atoms. The summed E-state index contributed by atoms with van der Waals surface area (Å²) in [6.07, 6.45) is 4.26. The average Bonchev–Trinajstić information content (AvgIpc) is 3.09. The molecule has 1 aromatic heterocycles. The van der Waals surface area contributed by atoms with Crippen molar-refractivity contribution >= 4 is 21.8 Å². The number of likely N-dealkylation sites (tertiary alicyclic amines) is 1. The van der Waals surface area contributed by atoms with Crippen molar-refractivity contribution in [3.05, 3.63) is 23.7 Å². The van der Waals surface area contributed by atoms with E-state index in [1.165, 1.54) is 16.8 Å². The highest BCUT2D eigenvalue weighted by atomic mass is 32.2. The van der Waals surface area contributed by atoms with Crippen molar-refractivity contribution in [2.45, 2.75) is 25.8 Å². The predicted octanol–water partition coefficient (Wildman–Crippen LogP) is -0.114. The summed E-state index contributed by atoms with van der Waals surface area (Å²) in [5.74, 6) is 0.188. The Balaban J connectivity index is 1.40. The van der Waals surface area contributed by atoms with Crippen LogP contribution in [0.1, 0.15) is 29.0 Å². The van der Waals surface area contributed by atoms with Gasteiger partial charge in [0.1, 0.15) is 0 Å². The van der Waals surface area contributed by atoms with E-state index in [2.05, 4.69) is 10.2 Å². The summed E-state index contributed by atoms with van der Waals surface area (Å²) in [5, 5.41) is 3.00. The predicted molar refractivity (Wildman–Crippen MR) is 103 cm³/mol. The summed E-state index contributed by atoms with van der Waals surface area (Å²) >= 11 is 0. The first-order chi connectivity index (χ1) is 13.2. The molecule has 0 atom stereocenters. The number of nitrogens with zero attached hydrogens (tertiary/aromatic N) is 3. The zero-order valence-corrected chi connectivity index (χ0v) is 17.2. The average molecular weight is 413 g/mol. The quantitative estimate of drug-likeness (QED) is 0.724. The van der Waals surface area contributed by atoms with Crippen LogP contribution in [0.25, 0.3) is 0 Å². The molecule has 2 aliphatic rings. The fraction of sp³-hybridized carbons (Fsp3) is 0.667. The summed E-state index contributed by atoms with van der Waals surface area (Å²) in [6, 6.07) is 1.83. The third-order valence-corrected chi connectivity index (χ3v) is 6.71. The maximum atomic E-state index is 12.5. The van der Waals surface area contributed by atoms with Gasteiger partial charge in [-0.05, 0) is 25.8 Å². The number of piperidine rings is 1. The van der Waals surface area contributed by atoms with Crippen LogP contribution in [0.4, 0.5) is 0 Å². The largest absolute Gasteiger partial charge is 0.459 e. The highest BCUT2D eigenvalue weighted by molar-refractivity contribution is 7.88. The van der Waals surface area contributed by atoms with Crippen LogP contribution in [-0.2, 0) is 14.8 Å². The number of nitrogens with one attached hydrogen (secondary N) is 1. The second kappa shape index (κ2) is 8.62. The van der Waals surface area contributed by atoms with E-state index in [0.717, 1.165) is 31.5 Å². The molecule has 0 radical (unpaired) electrons. The van der Waals surface area contributed by atoms with E-state index in [0.29, 0.717) is 38.5 Å². The summed E-state index contributed by atoms with van der Waals surface area (Å²) in [6.45, 7) is 5.20. The SMILES string of the molecule is Cc1ccoc1C(=O)NC1CCN(CC(=O)N2CCN(S(C)(=O)=O)CC2)CC1. The highest BCUT2D eigenvalue weighted by Gasteiger charge is 2.28. The first-order valence-electron chi connectivity index (χ1n) is 9.54. The molecule has 3 heterocycles. The van der Waals surface area contributed by atoms with Crippen molar-refractivity contribution in [3.63, 3.8) is 0 Å². The fourth-order valence-electron chi connectivity index (χ4n) is 3.65. The maximum absolute atomic E-state index is 12.5. The first-order valence-corrected chi connectivity index (χ1v) is 11.4. The van der Waals surface area contributed by atoms with Crippen LogP contribution in [-0.4, -0.2) is 92.4 Å². The monoisotopic (exact) mass is 412 g/mol. The molecule has 10 heteroatoms.